The molecule has 4 atom stereocenters. The van der Waals surface area contributed by atoms with E-state index >= 15 is 0 Å². The lowest BCUT2D eigenvalue weighted by molar-refractivity contribution is -0.122. The first-order valence-electron chi connectivity index (χ1n) is 11.0. The molecule has 5 rings (SSSR count). The molecule has 3 heterocycles. The first kappa shape index (κ1) is 20.2. The van der Waals surface area contributed by atoms with Crippen LogP contribution in [0.4, 0.5) is 0 Å². The van der Waals surface area contributed by atoms with Crippen LogP contribution in [-0.2, 0) is 9.53 Å². The number of hydrogen-bond acceptors (Lipinski definition) is 6. The first-order valence-corrected chi connectivity index (χ1v) is 11.0. The van der Waals surface area contributed by atoms with Gasteiger partial charge in [-0.05, 0) is 64.2 Å². The SMILES string of the molecule is Cc1noc(C)c1-c1ccc2c(c1)nc([C@@H]1CCC(=O)N1)n2[C@@H]1CC[C@@H](OC(C)O)C1. The molecule has 1 saturated carbocycles. The molecule has 1 aromatic carbocycles. The molecule has 1 aliphatic heterocycles. The Morgan fingerprint density at radius 1 is 1.29 bits per heavy atom. The zero-order chi connectivity index (χ0) is 21.7. The highest BCUT2D eigenvalue weighted by Crippen LogP contribution is 2.39. The maximum atomic E-state index is 11.9. The number of imidazole rings is 1. The number of aromatic nitrogens is 3. The summed E-state index contributed by atoms with van der Waals surface area (Å²) >= 11 is 0. The Kier molecular flexibility index (Phi) is 5.06. The van der Waals surface area contributed by atoms with E-state index in [0.717, 1.165) is 65.1 Å². The number of nitrogens with zero attached hydrogens (tertiary/aromatic N) is 3. The maximum Gasteiger partial charge on any atom is 0.220 e. The second-order valence-corrected chi connectivity index (χ2v) is 8.73. The Morgan fingerprint density at radius 2 is 2.13 bits per heavy atom. The highest BCUT2D eigenvalue weighted by atomic mass is 16.6. The average Bonchev–Trinajstić information content (AvgIpc) is 3.48. The van der Waals surface area contributed by atoms with Gasteiger partial charge in [0.25, 0.3) is 0 Å². The van der Waals surface area contributed by atoms with Gasteiger partial charge in [-0.2, -0.15) is 0 Å². The number of carbonyl (C=O) groups is 1. The Balaban J connectivity index is 1.58. The Bertz CT molecular complexity index is 1110. The Morgan fingerprint density at radius 3 is 2.81 bits per heavy atom. The summed E-state index contributed by atoms with van der Waals surface area (Å²) in [4.78, 5) is 16.9. The number of nitrogens with one attached hydrogen (secondary N) is 1. The second kappa shape index (κ2) is 7.76. The molecule has 2 fully saturated rings. The fourth-order valence-corrected chi connectivity index (χ4v) is 5.16. The molecule has 1 aliphatic carbocycles. The van der Waals surface area contributed by atoms with Gasteiger partial charge in [0.15, 0.2) is 6.29 Å². The molecule has 1 saturated heterocycles. The number of aliphatic hydroxyl groups is 1. The van der Waals surface area contributed by atoms with Crippen LogP contribution in [0, 0.1) is 13.8 Å². The first-order chi connectivity index (χ1) is 14.9. The minimum atomic E-state index is -0.769. The molecule has 3 aromatic rings. The van der Waals surface area contributed by atoms with E-state index in [2.05, 4.69) is 33.2 Å². The molecule has 8 nitrogen and oxygen atoms in total. The van der Waals surface area contributed by atoms with E-state index < -0.39 is 6.29 Å². The van der Waals surface area contributed by atoms with Crippen molar-refractivity contribution in [3.63, 3.8) is 0 Å². The lowest BCUT2D eigenvalue weighted by Gasteiger charge is -2.20. The molecule has 0 spiro atoms. The van der Waals surface area contributed by atoms with Crippen molar-refractivity contribution >= 4 is 16.9 Å². The molecular formula is C23H28N4O4. The summed E-state index contributed by atoms with van der Waals surface area (Å²) in [5.74, 6) is 1.76. The van der Waals surface area contributed by atoms with Crippen LogP contribution < -0.4 is 5.32 Å². The van der Waals surface area contributed by atoms with Gasteiger partial charge in [-0.1, -0.05) is 11.2 Å². The van der Waals surface area contributed by atoms with Crippen LogP contribution in [0.1, 0.15) is 68.4 Å². The quantitative estimate of drug-likeness (QED) is 0.606. The molecule has 1 amide bonds. The van der Waals surface area contributed by atoms with Crippen molar-refractivity contribution in [3.8, 4) is 11.1 Å². The standard InChI is InChI=1S/C23H28N4O4/c1-12-22(13(2)31-26-12)15-4-8-20-19(10-15)25-23(18-7-9-21(29)24-18)27(20)16-5-6-17(11-16)30-14(3)28/h4,8,10,14,16-18,28H,5-7,9,11H2,1-3H3,(H,24,29)/t14?,16-,17-,18+/m1/s1. The summed E-state index contributed by atoms with van der Waals surface area (Å²) in [7, 11) is 0. The van der Waals surface area contributed by atoms with E-state index in [1.165, 1.54) is 0 Å². The van der Waals surface area contributed by atoms with Crippen molar-refractivity contribution in [2.45, 2.75) is 77.4 Å². The number of rotatable bonds is 5. The van der Waals surface area contributed by atoms with E-state index in [4.69, 9.17) is 14.2 Å². The van der Waals surface area contributed by atoms with E-state index in [1.807, 2.05) is 13.8 Å². The molecule has 31 heavy (non-hydrogen) atoms. The number of amides is 1. The summed E-state index contributed by atoms with van der Waals surface area (Å²) in [6.45, 7) is 5.50. The monoisotopic (exact) mass is 424 g/mol. The van der Waals surface area contributed by atoms with Crippen LogP contribution in [0.3, 0.4) is 0 Å². The maximum absolute atomic E-state index is 11.9. The lowest BCUT2D eigenvalue weighted by atomic mass is 10.0. The van der Waals surface area contributed by atoms with E-state index in [0.29, 0.717) is 6.42 Å². The zero-order valence-corrected chi connectivity index (χ0v) is 18.1. The van der Waals surface area contributed by atoms with Gasteiger partial charge in [0, 0.05) is 18.0 Å². The van der Waals surface area contributed by atoms with Gasteiger partial charge < -0.3 is 24.3 Å². The van der Waals surface area contributed by atoms with Crippen molar-refractivity contribution in [3.05, 3.63) is 35.5 Å². The average molecular weight is 425 g/mol. The fourth-order valence-electron chi connectivity index (χ4n) is 5.16. The third kappa shape index (κ3) is 3.64. The van der Waals surface area contributed by atoms with Gasteiger partial charge in [0.05, 0.1) is 28.9 Å². The molecule has 164 valence electrons. The Labute approximate surface area is 180 Å². The van der Waals surface area contributed by atoms with Crippen molar-refractivity contribution in [2.75, 3.05) is 0 Å². The number of benzene rings is 1. The summed E-state index contributed by atoms with van der Waals surface area (Å²) in [6, 6.07) is 6.40. The number of fused-ring (bicyclic) bond motifs is 1. The molecule has 2 N–H and O–H groups in total. The van der Waals surface area contributed by atoms with Gasteiger partial charge in [0.2, 0.25) is 5.91 Å². The van der Waals surface area contributed by atoms with Gasteiger partial charge in [0.1, 0.15) is 11.6 Å². The third-order valence-corrected chi connectivity index (χ3v) is 6.46. The zero-order valence-electron chi connectivity index (χ0n) is 18.1. The number of carbonyl (C=O) groups excluding carboxylic acids is 1. The van der Waals surface area contributed by atoms with Crippen molar-refractivity contribution in [2.24, 2.45) is 0 Å². The van der Waals surface area contributed by atoms with Crippen LogP contribution >= 0.6 is 0 Å². The highest BCUT2D eigenvalue weighted by molar-refractivity contribution is 5.84. The van der Waals surface area contributed by atoms with Crippen molar-refractivity contribution in [1.82, 2.24) is 20.0 Å². The summed E-state index contributed by atoms with van der Waals surface area (Å²) in [5, 5.41) is 16.8. The van der Waals surface area contributed by atoms with Crippen LogP contribution in [0.2, 0.25) is 0 Å². The molecule has 2 aliphatic rings. The minimum absolute atomic E-state index is 0.0232. The van der Waals surface area contributed by atoms with Gasteiger partial charge in [-0.15, -0.1) is 0 Å². The van der Waals surface area contributed by atoms with E-state index in [-0.39, 0.29) is 24.1 Å². The predicted molar refractivity (Wildman–Crippen MR) is 114 cm³/mol. The third-order valence-electron chi connectivity index (χ3n) is 6.46. The van der Waals surface area contributed by atoms with Crippen LogP contribution in [0.15, 0.2) is 22.7 Å². The van der Waals surface area contributed by atoms with E-state index in [9.17, 15) is 9.90 Å². The van der Waals surface area contributed by atoms with Crippen LogP contribution in [0.25, 0.3) is 22.2 Å². The minimum Gasteiger partial charge on any atom is -0.368 e. The van der Waals surface area contributed by atoms with E-state index in [1.54, 1.807) is 6.92 Å². The largest absolute Gasteiger partial charge is 0.368 e. The summed E-state index contributed by atoms with van der Waals surface area (Å²) in [5.41, 5.74) is 4.83. The topological polar surface area (TPSA) is 102 Å². The molecule has 8 heteroatoms. The summed E-state index contributed by atoms with van der Waals surface area (Å²) < 4.78 is 13.3. The van der Waals surface area contributed by atoms with Crippen LogP contribution in [-0.4, -0.2) is 38.1 Å². The van der Waals surface area contributed by atoms with Gasteiger partial charge in [-0.3, -0.25) is 4.79 Å². The number of hydrogen-bond donors (Lipinski definition) is 2. The van der Waals surface area contributed by atoms with Crippen molar-refractivity contribution in [1.29, 1.82) is 0 Å². The normalized spacial score (nSPS) is 24.8. The predicted octanol–water partition coefficient (Wildman–Crippen LogP) is 3.71. The van der Waals surface area contributed by atoms with Crippen molar-refractivity contribution < 1.29 is 19.2 Å². The molecule has 2 aromatic heterocycles. The number of ether oxygens (including phenoxy) is 1. The Hall–Kier alpha value is -2.71. The molecular weight excluding hydrogens is 396 g/mol. The lowest BCUT2D eigenvalue weighted by Crippen LogP contribution is -2.23. The molecule has 0 radical (unpaired) electrons. The summed E-state index contributed by atoms with van der Waals surface area (Å²) in [6.07, 6.45) is 3.18. The highest BCUT2D eigenvalue weighted by Gasteiger charge is 2.34. The fraction of sp³-hybridized carbons (Fsp3) is 0.522. The molecule has 0 bridgehead atoms. The smallest absolute Gasteiger partial charge is 0.220 e. The van der Waals surface area contributed by atoms with Gasteiger partial charge >= 0.3 is 0 Å². The van der Waals surface area contributed by atoms with Gasteiger partial charge in [-0.25, -0.2) is 4.98 Å². The number of aryl methyl sites for hydroxylation is 2. The number of aliphatic hydroxyl groups excluding tert-OH is 1. The second-order valence-electron chi connectivity index (χ2n) is 8.73. The molecule has 1 unspecified atom stereocenters. The van der Waals surface area contributed by atoms with Crippen LogP contribution in [0.5, 0.6) is 0 Å².